The van der Waals surface area contributed by atoms with Gasteiger partial charge in [0.1, 0.15) is 30.1 Å². The third-order valence-corrected chi connectivity index (χ3v) is 11.7. The summed E-state index contributed by atoms with van der Waals surface area (Å²) >= 11 is 0. The Kier molecular flexibility index (Phi) is 11.9. The third kappa shape index (κ3) is 9.39. The van der Waals surface area contributed by atoms with Crippen molar-refractivity contribution in [3.63, 3.8) is 0 Å². The Morgan fingerprint density at radius 1 is 0.949 bits per heavy atom. The summed E-state index contributed by atoms with van der Waals surface area (Å²) in [7, 11) is 0. The lowest BCUT2D eigenvalue weighted by Gasteiger charge is -2.34. The van der Waals surface area contributed by atoms with Gasteiger partial charge in [-0.2, -0.15) is 0 Å². The average molecular weight is 802 g/mol. The second-order valence-corrected chi connectivity index (χ2v) is 16.4. The van der Waals surface area contributed by atoms with E-state index in [1.165, 1.54) is 24.0 Å². The van der Waals surface area contributed by atoms with Crippen molar-refractivity contribution in [2.45, 2.75) is 46.6 Å². The highest BCUT2D eigenvalue weighted by Crippen LogP contribution is 2.35. The van der Waals surface area contributed by atoms with Gasteiger partial charge < -0.3 is 19.9 Å². The molecule has 3 aliphatic rings. The smallest absolute Gasteiger partial charge is 0.328 e. The summed E-state index contributed by atoms with van der Waals surface area (Å²) in [6.07, 6.45) is 3.85. The van der Waals surface area contributed by atoms with Gasteiger partial charge in [-0.15, -0.1) is 0 Å². The van der Waals surface area contributed by atoms with E-state index in [0.717, 1.165) is 85.8 Å². The van der Waals surface area contributed by atoms with Gasteiger partial charge in [0.05, 0.1) is 5.69 Å². The Labute approximate surface area is 343 Å². The zero-order chi connectivity index (χ0) is 41.0. The molecule has 13 nitrogen and oxygen atoms in total. The van der Waals surface area contributed by atoms with Crippen molar-refractivity contribution in [2.75, 3.05) is 69.2 Å². The molecule has 5 amide bonds. The van der Waals surface area contributed by atoms with Crippen LogP contribution in [0.4, 0.5) is 25.4 Å². The number of aromatic amines is 1. The molecule has 0 bridgehead atoms. The first-order valence-corrected chi connectivity index (χ1v) is 20.6. The Bertz CT molecular complexity index is 2310. The maximum absolute atomic E-state index is 15.2. The molecule has 59 heavy (non-hydrogen) atoms. The number of anilines is 2. The summed E-state index contributed by atoms with van der Waals surface area (Å²) in [5.74, 6) is 1.13. The maximum Gasteiger partial charge on any atom is 0.328 e. The van der Waals surface area contributed by atoms with Crippen molar-refractivity contribution in [2.24, 2.45) is 11.8 Å². The molecule has 5 aromatic rings. The average Bonchev–Trinajstić information content (AvgIpc) is 3.88. The first-order valence-electron chi connectivity index (χ1n) is 20.6. The summed E-state index contributed by atoms with van der Waals surface area (Å²) in [4.78, 5) is 57.6. The maximum atomic E-state index is 15.2. The van der Waals surface area contributed by atoms with Gasteiger partial charge in [-0.25, -0.2) is 23.9 Å². The van der Waals surface area contributed by atoms with Gasteiger partial charge in [0.15, 0.2) is 0 Å². The second kappa shape index (κ2) is 17.6. The molecular formula is C45H52FN9O4. The molecule has 3 N–H and O–H groups in total. The number of ether oxygens (including phenoxy) is 1. The van der Waals surface area contributed by atoms with Gasteiger partial charge in [0.25, 0.3) is 0 Å². The molecular weight excluding hydrogens is 750 g/mol. The highest BCUT2D eigenvalue weighted by atomic mass is 19.1. The second-order valence-electron chi connectivity index (χ2n) is 16.4. The van der Waals surface area contributed by atoms with Gasteiger partial charge in [0, 0.05) is 93.3 Å². The van der Waals surface area contributed by atoms with Crippen molar-refractivity contribution < 1.29 is 23.5 Å². The van der Waals surface area contributed by atoms with Crippen LogP contribution in [0.15, 0.2) is 73.1 Å². The summed E-state index contributed by atoms with van der Waals surface area (Å²) in [5.41, 5.74) is 6.91. The largest absolute Gasteiger partial charge is 0.492 e. The number of hydrogen-bond acceptors (Lipinski definition) is 8. The molecule has 0 saturated carbocycles. The normalized spacial score (nSPS) is 17.9. The minimum Gasteiger partial charge on any atom is -0.492 e. The molecule has 308 valence electrons. The number of piperazine rings is 1. The number of carbonyl (C=O) groups is 3. The van der Waals surface area contributed by atoms with Gasteiger partial charge in [-0.05, 0) is 90.8 Å². The predicted octanol–water partition coefficient (Wildman–Crippen LogP) is 7.28. The van der Waals surface area contributed by atoms with Gasteiger partial charge in [-0.1, -0.05) is 38.1 Å². The number of urea groups is 2. The van der Waals surface area contributed by atoms with E-state index in [4.69, 9.17) is 4.74 Å². The molecule has 2 aromatic heterocycles. The molecule has 3 aliphatic heterocycles. The molecule has 0 aliphatic carbocycles. The number of hydrogen-bond donors (Lipinski definition) is 3. The van der Waals surface area contributed by atoms with Crippen LogP contribution in [0.1, 0.15) is 44.2 Å². The first kappa shape index (κ1) is 39.9. The fourth-order valence-corrected chi connectivity index (χ4v) is 8.48. The highest BCUT2D eigenvalue weighted by Gasteiger charge is 2.28. The van der Waals surface area contributed by atoms with Crippen LogP contribution >= 0.6 is 0 Å². The number of imide groups is 1. The fraction of sp³-hybridized carbons (Fsp3) is 0.400. The van der Waals surface area contributed by atoms with Crippen LogP contribution in [0, 0.1) is 24.6 Å². The molecule has 3 saturated heterocycles. The number of halogens is 1. The number of amides is 5. The number of aromatic nitrogens is 3. The van der Waals surface area contributed by atoms with Gasteiger partial charge in [-0.3, -0.25) is 24.8 Å². The van der Waals surface area contributed by atoms with Crippen molar-refractivity contribution >= 4 is 40.4 Å². The Morgan fingerprint density at radius 2 is 1.71 bits per heavy atom. The number of nitrogens with one attached hydrogen (secondary N) is 3. The van der Waals surface area contributed by atoms with Crippen LogP contribution in [0.2, 0.25) is 0 Å². The van der Waals surface area contributed by atoms with Crippen LogP contribution < -0.4 is 20.3 Å². The lowest BCUT2D eigenvalue weighted by molar-refractivity contribution is -0.120. The van der Waals surface area contributed by atoms with E-state index in [1.54, 1.807) is 4.90 Å². The Balaban J connectivity index is 0.840. The van der Waals surface area contributed by atoms with Crippen molar-refractivity contribution in [3.8, 4) is 28.3 Å². The minimum atomic E-state index is -0.444. The third-order valence-electron chi connectivity index (χ3n) is 11.7. The Hall–Kier alpha value is -5.86. The lowest BCUT2D eigenvalue weighted by Crippen LogP contribution is -2.49. The van der Waals surface area contributed by atoms with Crippen LogP contribution in [-0.2, 0) is 11.3 Å². The Morgan fingerprint density at radius 3 is 2.46 bits per heavy atom. The molecule has 1 atom stereocenters. The molecule has 3 aromatic carbocycles. The monoisotopic (exact) mass is 801 g/mol. The quantitative estimate of drug-likeness (QED) is 0.120. The summed E-state index contributed by atoms with van der Waals surface area (Å²) in [6.45, 7) is 14.2. The van der Waals surface area contributed by atoms with Crippen LogP contribution in [-0.4, -0.2) is 107 Å². The summed E-state index contributed by atoms with van der Waals surface area (Å²) in [5, 5.41) is 6.11. The zero-order valence-corrected chi connectivity index (χ0v) is 34.0. The lowest BCUT2D eigenvalue weighted by atomic mass is 9.97. The molecule has 0 spiro atoms. The van der Waals surface area contributed by atoms with Gasteiger partial charge >= 0.3 is 12.1 Å². The molecule has 3 fully saturated rings. The summed E-state index contributed by atoms with van der Waals surface area (Å²) < 4.78 is 21.2. The van der Waals surface area contributed by atoms with Crippen LogP contribution in [0.25, 0.3) is 33.5 Å². The SMILES string of the molecule is Cc1c(NC(=O)N2CC[C@@H](CC(C)C)C2)cc(F)cc1-c1ncnc2[nH]c(-c3ccc(CN4CCN(CCOc5ccc(N6CCC(=O)NC6=O)cc5)CC4)cc3)cc12. The van der Waals surface area contributed by atoms with Crippen molar-refractivity contribution in [3.05, 3.63) is 90.0 Å². The van der Waals surface area contributed by atoms with E-state index in [-0.39, 0.29) is 11.9 Å². The van der Waals surface area contributed by atoms with Crippen molar-refractivity contribution in [1.29, 1.82) is 0 Å². The first-order chi connectivity index (χ1) is 28.6. The van der Waals surface area contributed by atoms with Gasteiger partial charge in [0.2, 0.25) is 5.91 Å². The van der Waals surface area contributed by atoms with Crippen LogP contribution in [0.5, 0.6) is 5.75 Å². The topological polar surface area (TPSA) is 139 Å². The zero-order valence-electron chi connectivity index (χ0n) is 34.0. The van der Waals surface area contributed by atoms with E-state index >= 15 is 4.39 Å². The van der Waals surface area contributed by atoms with E-state index in [0.29, 0.717) is 67.1 Å². The van der Waals surface area contributed by atoms with E-state index in [9.17, 15) is 14.4 Å². The number of likely N-dealkylation sites (tertiary alicyclic amines) is 1. The van der Waals surface area contributed by atoms with Crippen molar-refractivity contribution in [1.82, 2.24) is 35.0 Å². The number of benzene rings is 3. The fourth-order valence-electron chi connectivity index (χ4n) is 8.48. The molecule has 0 radical (unpaired) electrons. The van der Waals surface area contributed by atoms with E-state index in [2.05, 4.69) is 73.5 Å². The number of H-pyrrole nitrogens is 1. The molecule has 8 rings (SSSR count). The number of fused-ring (bicyclic) bond motifs is 1. The van der Waals surface area contributed by atoms with E-state index < -0.39 is 11.8 Å². The molecule has 0 unspecified atom stereocenters. The number of carbonyl (C=O) groups excluding carboxylic acids is 3. The number of rotatable bonds is 12. The van der Waals surface area contributed by atoms with Crippen LogP contribution in [0.3, 0.4) is 0 Å². The van der Waals surface area contributed by atoms with E-state index in [1.807, 2.05) is 42.2 Å². The molecule has 14 heteroatoms. The summed E-state index contributed by atoms with van der Waals surface area (Å²) in [6, 6.07) is 20.2. The minimum absolute atomic E-state index is 0.200. The standard InChI is InChI=1S/C45H52FN9O4/c1-29(2)22-32-12-14-54(27-32)44(57)50-39-24-34(46)23-37(30(39)3)42-38-25-40(49-43(38)48-28-47-42)33-6-4-31(5-7-33)26-53-18-16-52(17-19-53)20-21-59-36-10-8-35(9-11-36)55-15-13-41(56)51-45(55)58/h4-11,23-25,28-29,32H,12-22,26-27H2,1-3H3,(H,50,57)(H,47,48,49)(H,51,56,58)/t32-/m0/s1. The molecule has 5 heterocycles. The number of nitrogens with zero attached hydrogens (tertiary/aromatic N) is 6. The predicted molar refractivity (Wildman–Crippen MR) is 227 cm³/mol. The highest BCUT2D eigenvalue weighted by molar-refractivity contribution is 6.05.